The summed E-state index contributed by atoms with van der Waals surface area (Å²) < 4.78 is 5.67. The molecular weight excluding hydrogens is 258 g/mol. The highest BCUT2D eigenvalue weighted by Crippen LogP contribution is 2.28. The number of rotatable bonds is 9. The van der Waals surface area contributed by atoms with Crippen LogP contribution < -0.4 is 10.2 Å². The van der Waals surface area contributed by atoms with E-state index in [9.17, 15) is 0 Å². The number of ether oxygens (including phenoxy) is 1. The lowest BCUT2D eigenvalue weighted by atomic mass is 10.4. The lowest BCUT2D eigenvalue weighted by molar-refractivity contribution is 0.131. The van der Waals surface area contributed by atoms with Crippen LogP contribution >= 0.6 is 11.3 Å². The maximum absolute atomic E-state index is 5.67. The Hall–Kier alpha value is -0.650. The molecular formula is C14H23N3OS. The van der Waals surface area contributed by atoms with Gasteiger partial charge < -0.3 is 15.0 Å². The van der Waals surface area contributed by atoms with Gasteiger partial charge in [0.05, 0.1) is 12.3 Å². The molecule has 0 unspecified atom stereocenters. The third-order valence-corrected chi connectivity index (χ3v) is 4.64. The summed E-state index contributed by atoms with van der Waals surface area (Å²) in [4.78, 5) is 6.86. The van der Waals surface area contributed by atoms with Crippen molar-refractivity contribution in [3.63, 3.8) is 0 Å². The average molecular weight is 281 g/mol. The van der Waals surface area contributed by atoms with Crippen LogP contribution in [0.15, 0.2) is 5.38 Å². The van der Waals surface area contributed by atoms with Crippen LogP contribution in [0.5, 0.6) is 0 Å². The fraction of sp³-hybridized carbons (Fsp3) is 0.786. The van der Waals surface area contributed by atoms with Crippen molar-refractivity contribution in [2.75, 3.05) is 31.7 Å². The van der Waals surface area contributed by atoms with Gasteiger partial charge in [0.15, 0.2) is 5.13 Å². The number of hydrogen-bond donors (Lipinski definition) is 1. The molecule has 2 saturated carbocycles. The van der Waals surface area contributed by atoms with Crippen molar-refractivity contribution < 1.29 is 4.74 Å². The van der Waals surface area contributed by atoms with Crippen LogP contribution in [-0.4, -0.2) is 37.8 Å². The Kier molecular flexibility index (Phi) is 4.35. The van der Waals surface area contributed by atoms with Crippen molar-refractivity contribution >= 4 is 16.5 Å². The van der Waals surface area contributed by atoms with Gasteiger partial charge in [-0.3, -0.25) is 0 Å². The second-order valence-corrected chi connectivity index (χ2v) is 6.55. The van der Waals surface area contributed by atoms with Gasteiger partial charge in [-0.15, -0.1) is 11.3 Å². The highest BCUT2D eigenvalue weighted by atomic mass is 32.1. The molecule has 5 heteroatoms. The van der Waals surface area contributed by atoms with Gasteiger partial charge >= 0.3 is 0 Å². The minimum Gasteiger partial charge on any atom is -0.379 e. The van der Waals surface area contributed by atoms with Gasteiger partial charge in [0.2, 0.25) is 0 Å². The molecule has 0 aromatic carbocycles. The molecule has 1 heterocycles. The van der Waals surface area contributed by atoms with Crippen molar-refractivity contribution in [2.45, 2.75) is 38.3 Å². The minimum absolute atomic E-state index is 0.749. The number of aromatic nitrogens is 1. The van der Waals surface area contributed by atoms with Gasteiger partial charge in [-0.05, 0) is 31.6 Å². The second kappa shape index (κ2) is 6.20. The van der Waals surface area contributed by atoms with E-state index in [1.807, 2.05) is 0 Å². The van der Waals surface area contributed by atoms with E-state index in [-0.39, 0.29) is 0 Å². The first kappa shape index (κ1) is 13.3. The lowest BCUT2D eigenvalue weighted by Gasteiger charge is -2.15. The minimum atomic E-state index is 0.749. The third-order valence-electron chi connectivity index (χ3n) is 3.64. The molecule has 1 aromatic heterocycles. The summed E-state index contributed by atoms with van der Waals surface area (Å²) in [5.41, 5.74) is 1.16. The Morgan fingerprint density at radius 2 is 2.26 bits per heavy atom. The SMILES string of the molecule is CN(CCOCC1CC1)c1nc(CNC2CC2)cs1. The van der Waals surface area contributed by atoms with E-state index in [4.69, 9.17) is 4.74 Å². The lowest BCUT2D eigenvalue weighted by Crippen LogP contribution is -2.23. The monoisotopic (exact) mass is 281 g/mol. The van der Waals surface area contributed by atoms with Gasteiger partial charge in [0, 0.05) is 38.2 Å². The molecule has 4 nitrogen and oxygen atoms in total. The van der Waals surface area contributed by atoms with E-state index in [2.05, 4.69) is 27.6 Å². The molecule has 1 N–H and O–H groups in total. The Balaban J connectivity index is 1.36. The molecule has 0 bridgehead atoms. The molecule has 19 heavy (non-hydrogen) atoms. The first-order valence-corrected chi connectivity index (χ1v) is 8.16. The Bertz CT molecular complexity index is 401. The molecule has 2 fully saturated rings. The summed E-state index contributed by atoms with van der Waals surface area (Å²) in [5.74, 6) is 0.852. The molecule has 3 rings (SSSR count). The highest BCUT2D eigenvalue weighted by molar-refractivity contribution is 7.13. The Labute approximate surface area is 119 Å². The predicted molar refractivity (Wildman–Crippen MR) is 78.8 cm³/mol. The van der Waals surface area contributed by atoms with Crippen LogP contribution in [0.25, 0.3) is 0 Å². The van der Waals surface area contributed by atoms with Crippen molar-refractivity contribution in [3.05, 3.63) is 11.1 Å². The zero-order valence-electron chi connectivity index (χ0n) is 11.6. The van der Waals surface area contributed by atoms with Crippen LogP contribution in [0, 0.1) is 5.92 Å². The molecule has 1 aromatic rings. The number of nitrogens with zero attached hydrogens (tertiary/aromatic N) is 2. The van der Waals surface area contributed by atoms with E-state index in [0.717, 1.165) is 49.1 Å². The summed E-state index contributed by atoms with van der Waals surface area (Å²) >= 11 is 1.73. The summed E-state index contributed by atoms with van der Waals surface area (Å²) in [6.07, 6.45) is 5.38. The largest absolute Gasteiger partial charge is 0.379 e. The molecule has 0 saturated heterocycles. The van der Waals surface area contributed by atoms with Gasteiger partial charge in [0.25, 0.3) is 0 Å². The molecule has 106 valence electrons. The fourth-order valence-electron chi connectivity index (χ4n) is 1.92. The second-order valence-electron chi connectivity index (χ2n) is 5.72. The molecule has 0 aliphatic heterocycles. The molecule has 0 atom stereocenters. The molecule has 0 radical (unpaired) electrons. The molecule has 0 amide bonds. The Morgan fingerprint density at radius 3 is 3.00 bits per heavy atom. The third kappa shape index (κ3) is 4.44. The van der Waals surface area contributed by atoms with E-state index in [1.54, 1.807) is 11.3 Å². The zero-order chi connectivity index (χ0) is 13.1. The molecule has 2 aliphatic rings. The maximum atomic E-state index is 5.67. The zero-order valence-corrected chi connectivity index (χ0v) is 12.4. The summed E-state index contributed by atoms with van der Waals surface area (Å²) in [6, 6.07) is 0.749. The average Bonchev–Trinajstić information content (AvgIpc) is 3.33. The number of hydrogen-bond acceptors (Lipinski definition) is 5. The van der Waals surface area contributed by atoms with Crippen LogP contribution in [0.3, 0.4) is 0 Å². The molecule has 2 aliphatic carbocycles. The first-order valence-electron chi connectivity index (χ1n) is 7.28. The smallest absolute Gasteiger partial charge is 0.185 e. The van der Waals surface area contributed by atoms with Crippen LogP contribution in [0.1, 0.15) is 31.4 Å². The highest BCUT2D eigenvalue weighted by Gasteiger charge is 2.21. The standard InChI is InChI=1S/C14H23N3OS/c1-17(6-7-18-9-11-2-3-11)14-16-13(10-19-14)8-15-12-4-5-12/h10-12,15H,2-9H2,1H3. The number of nitrogens with one attached hydrogen (secondary N) is 1. The Morgan fingerprint density at radius 1 is 1.42 bits per heavy atom. The molecule has 0 spiro atoms. The summed E-state index contributed by atoms with van der Waals surface area (Å²) in [5, 5.41) is 6.76. The van der Waals surface area contributed by atoms with E-state index in [0.29, 0.717) is 0 Å². The first-order chi connectivity index (χ1) is 9.31. The number of likely N-dealkylation sites (N-methyl/N-ethyl adjacent to an activating group) is 1. The van der Waals surface area contributed by atoms with Crippen LogP contribution in [0.4, 0.5) is 5.13 Å². The van der Waals surface area contributed by atoms with Crippen molar-refractivity contribution in [3.8, 4) is 0 Å². The van der Waals surface area contributed by atoms with E-state index in [1.165, 1.54) is 25.7 Å². The normalized spacial score (nSPS) is 18.8. The van der Waals surface area contributed by atoms with Crippen molar-refractivity contribution in [2.24, 2.45) is 5.92 Å². The van der Waals surface area contributed by atoms with Crippen molar-refractivity contribution in [1.29, 1.82) is 0 Å². The maximum Gasteiger partial charge on any atom is 0.185 e. The number of anilines is 1. The van der Waals surface area contributed by atoms with Gasteiger partial charge in [-0.25, -0.2) is 4.98 Å². The van der Waals surface area contributed by atoms with Crippen molar-refractivity contribution in [1.82, 2.24) is 10.3 Å². The number of thiazole rings is 1. The summed E-state index contributed by atoms with van der Waals surface area (Å²) in [6.45, 7) is 3.59. The van der Waals surface area contributed by atoms with E-state index < -0.39 is 0 Å². The quantitative estimate of drug-likeness (QED) is 0.705. The van der Waals surface area contributed by atoms with Crippen LogP contribution in [-0.2, 0) is 11.3 Å². The fourth-order valence-corrected chi connectivity index (χ4v) is 2.74. The van der Waals surface area contributed by atoms with Gasteiger partial charge in [-0.2, -0.15) is 0 Å². The van der Waals surface area contributed by atoms with Crippen LogP contribution in [0.2, 0.25) is 0 Å². The van der Waals surface area contributed by atoms with Gasteiger partial charge in [-0.1, -0.05) is 0 Å². The topological polar surface area (TPSA) is 37.4 Å². The summed E-state index contributed by atoms with van der Waals surface area (Å²) in [7, 11) is 2.09. The van der Waals surface area contributed by atoms with E-state index >= 15 is 0 Å². The predicted octanol–water partition coefficient (Wildman–Crippen LogP) is 2.26. The van der Waals surface area contributed by atoms with Gasteiger partial charge in [0.1, 0.15) is 0 Å².